The van der Waals surface area contributed by atoms with Crippen molar-refractivity contribution in [2.75, 3.05) is 18.4 Å². The summed E-state index contributed by atoms with van der Waals surface area (Å²) >= 11 is 0. The van der Waals surface area contributed by atoms with E-state index in [2.05, 4.69) is 9.71 Å². The standard InChI is InChI=1S/C19H20N4O3S/c20-14-9-11-23(12-10-14)19(24)13-5-7-15(8-6-13)21-18-16-3-1-2-4-17(16)27(25,26)22-18/h1-8,14H,9-12,20H2,(H,21,22). The van der Waals surface area contributed by atoms with Gasteiger partial charge in [-0.05, 0) is 49.2 Å². The number of rotatable bonds is 2. The molecule has 7 nitrogen and oxygen atoms in total. The summed E-state index contributed by atoms with van der Waals surface area (Å²) in [6, 6.07) is 13.8. The Morgan fingerprint density at radius 3 is 2.44 bits per heavy atom. The number of nitrogens with one attached hydrogen (secondary N) is 1. The first-order chi connectivity index (χ1) is 12.9. The maximum Gasteiger partial charge on any atom is 0.285 e. The summed E-state index contributed by atoms with van der Waals surface area (Å²) in [5, 5.41) is 3.03. The molecule has 0 bridgehead atoms. The molecule has 0 aromatic heterocycles. The second-order valence-corrected chi connectivity index (χ2v) is 8.32. The molecule has 4 rings (SSSR count). The Morgan fingerprint density at radius 1 is 1.07 bits per heavy atom. The molecule has 1 saturated heterocycles. The normalized spacial score (nSPS) is 18.7. The van der Waals surface area contributed by atoms with Crippen LogP contribution in [0.3, 0.4) is 0 Å². The van der Waals surface area contributed by atoms with Gasteiger partial charge in [0.15, 0.2) is 5.84 Å². The molecule has 2 aliphatic heterocycles. The number of hydrogen-bond donors (Lipinski definition) is 2. The third kappa shape index (κ3) is 3.45. The molecule has 0 unspecified atom stereocenters. The SMILES string of the molecule is NC1CCN(C(=O)c2ccc(NC3=NS(=O)(=O)c4ccccc43)cc2)CC1. The lowest BCUT2D eigenvalue weighted by Gasteiger charge is -2.30. The largest absolute Gasteiger partial charge is 0.339 e. The molecule has 1 fully saturated rings. The van der Waals surface area contributed by atoms with Gasteiger partial charge >= 0.3 is 0 Å². The predicted octanol–water partition coefficient (Wildman–Crippen LogP) is 1.81. The molecule has 140 valence electrons. The van der Waals surface area contributed by atoms with Crippen molar-refractivity contribution >= 4 is 27.5 Å². The van der Waals surface area contributed by atoms with Crippen molar-refractivity contribution in [1.82, 2.24) is 4.90 Å². The molecule has 2 aromatic rings. The van der Waals surface area contributed by atoms with Crippen LogP contribution in [0.5, 0.6) is 0 Å². The molecule has 27 heavy (non-hydrogen) atoms. The van der Waals surface area contributed by atoms with Crippen LogP contribution in [0.15, 0.2) is 57.8 Å². The lowest BCUT2D eigenvalue weighted by atomic mass is 10.0. The van der Waals surface area contributed by atoms with Crippen molar-refractivity contribution < 1.29 is 13.2 Å². The minimum absolute atomic E-state index is 0.0143. The Hall–Kier alpha value is -2.71. The minimum Gasteiger partial charge on any atom is -0.339 e. The smallest absolute Gasteiger partial charge is 0.285 e. The van der Waals surface area contributed by atoms with Gasteiger partial charge in [-0.25, -0.2) is 0 Å². The Bertz CT molecular complexity index is 1010. The van der Waals surface area contributed by atoms with Crippen LogP contribution in [0.1, 0.15) is 28.8 Å². The number of amidine groups is 1. The highest BCUT2D eigenvalue weighted by Gasteiger charge is 2.28. The van der Waals surface area contributed by atoms with E-state index in [4.69, 9.17) is 5.73 Å². The van der Waals surface area contributed by atoms with Crippen LogP contribution in [0.4, 0.5) is 5.69 Å². The summed E-state index contributed by atoms with van der Waals surface area (Å²) in [4.78, 5) is 14.6. The van der Waals surface area contributed by atoms with E-state index in [0.29, 0.717) is 29.9 Å². The van der Waals surface area contributed by atoms with Crippen molar-refractivity contribution in [1.29, 1.82) is 0 Å². The number of hydrogen-bond acceptors (Lipinski definition) is 5. The van der Waals surface area contributed by atoms with E-state index in [9.17, 15) is 13.2 Å². The first-order valence-corrected chi connectivity index (χ1v) is 10.2. The summed E-state index contributed by atoms with van der Waals surface area (Å²) in [5.74, 6) is 0.272. The molecule has 2 aromatic carbocycles. The van der Waals surface area contributed by atoms with Crippen LogP contribution >= 0.6 is 0 Å². The average molecular weight is 384 g/mol. The zero-order chi connectivity index (χ0) is 19.0. The molecule has 0 spiro atoms. The number of nitrogens with zero attached hydrogens (tertiary/aromatic N) is 2. The highest BCUT2D eigenvalue weighted by atomic mass is 32.2. The van der Waals surface area contributed by atoms with Crippen LogP contribution in [0.25, 0.3) is 0 Å². The number of amides is 1. The second kappa shape index (κ2) is 6.79. The van der Waals surface area contributed by atoms with Gasteiger partial charge in [0.1, 0.15) is 4.90 Å². The number of nitrogens with two attached hydrogens (primary N) is 1. The zero-order valence-corrected chi connectivity index (χ0v) is 15.4. The molecule has 8 heteroatoms. The molecular formula is C19H20N4O3S. The number of likely N-dealkylation sites (tertiary alicyclic amines) is 1. The first kappa shape index (κ1) is 17.7. The van der Waals surface area contributed by atoms with Gasteiger partial charge in [-0.3, -0.25) is 4.79 Å². The number of piperidine rings is 1. The Morgan fingerprint density at radius 2 is 1.74 bits per heavy atom. The van der Waals surface area contributed by atoms with Gasteiger partial charge < -0.3 is 16.0 Å². The number of anilines is 1. The molecule has 2 aliphatic rings. The van der Waals surface area contributed by atoms with Crippen LogP contribution in [-0.2, 0) is 10.0 Å². The van der Waals surface area contributed by atoms with Gasteiger partial charge in [0.2, 0.25) is 0 Å². The number of carbonyl (C=O) groups excluding carboxylic acids is 1. The number of fused-ring (bicyclic) bond motifs is 1. The topological polar surface area (TPSA) is 105 Å². The van der Waals surface area contributed by atoms with Gasteiger partial charge in [0, 0.05) is 35.9 Å². The highest BCUT2D eigenvalue weighted by Crippen LogP contribution is 2.26. The maximum absolute atomic E-state index is 12.6. The van der Waals surface area contributed by atoms with Crippen LogP contribution < -0.4 is 11.1 Å². The molecule has 2 heterocycles. The summed E-state index contributed by atoms with van der Waals surface area (Å²) in [6.07, 6.45) is 1.64. The molecule has 0 aliphatic carbocycles. The van der Waals surface area contributed by atoms with Crippen molar-refractivity contribution in [2.24, 2.45) is 10.1 Å². The van der Waals surface area contributed by atoms with E-state index in [1.807, 2.05) is 4.90 Å². The van der Waals surface area contributed by atoms with E-state index < -0.39 is 10.0 Å². The van der Waals surface area contributed by atoms with Crippen LogP contribution in [0, 0.1) is 0 Å². The minimum atomic E-state index is -3.66. The van der Waals surface area contributed by atoms with Crippen molar-refractivity contribution in [3.63, 3.8) is 0 Å². The monoisotopic (exact) mass is 384 g/mol. The Kier molecular flexibility index (Phi) is 4.45. The van der Waals surface area contributed by atoms with Gasteiger partial charge in [0.25, 0.3) is 15.9 Å². The number of sulfonamides is 1. The summed E-state index contributed by atoms with van der Waals surface area (Å²) in [7, 11) is -3.66. The second-order valence-electron chi connectivity index (χ2n) is 6.74. The first-order valence-electron chi connectivity index (χ1n) is 8.80. The van der Waals surface area contributed by atoms with E-state index in [0.717, 1.165) is 12.8 Å². The molecule has 0 atom stereocenters. The van der Waals surface area contributed by atoms with E-state index in [-0.39, 0.29) is 22.7 Å². The highest BCUT2D eigenvalue weighted by molar-refractivity contribution is 7.90. The van der Waals surface area contributed by atoms with Crippen LogP contribution in [-0.4, -0.2) is 44.2 Å². The molecule has 3 N–H and O–H groups in total. The Balaban J connectivity index is 1.50. The van der Waals surface area contributed by atoms with Gasteiger partial charge in [-0.2, -0.15) is 8.42 Å². The molecule has 0 saturated carbocycles. The molecule has 1 amide bonds. The van der Waals surface area contributed by atoms with E-state index in [1.165, 1.54) is 6.07 Å². The fourth-order valence-electron chi connectivity index (χ4n) is 3.31. The third-order valence-electron chi connectivity index (χ3n) is 4.85. The fourth-order valence-corrected chi connectivity index (χ4v) is 4.49. The summed E-state index contributed by atoms with van der Waals surface area (Å²) < 4.78 is 28.0. The summed E-state index contributed by atoms with van der Waals surface area (Å²) in [5.41, 5.74) is 7.69. The quantitative estimate of drug-likeness (QED) is 0.822. The average Bonchev–Trinajstić information content (AvgIpc) is 2.93. The van der Waals surface area contributed by atoms with Crippen molar-refractivity contribution in [2.45, 2.75) is 23.8 Å². The van der Waals surface area contributed by atoms with Gasteiger partial charge in [0.05, 0.1) is 0 Å². The third-order valence-corrected chi connectivity index (χ3v) is 6.19. The van der Waals surface area contributed by atoms with E-state index in [1.54, 1.807) is 42.5 Å². The van der Waals surface area contributed by atoms with Crippen molar-refractivity contribution in [3.8, 4) is 0 Å². The lowest BCUT2D eigenvalue weighted by molar-refractivity contribution is 0.0715. The van der Waals surface area contributed by atoms with Crippen molar-refractivity contribution in [3.05, 3.63) is 59.7 Å². The predicted molar refractivity (Wildman–Crippen MR) is 103 cm³/mol. The number of benzene rings is 2. The molecular weight excluding hydrogens is 364 g/mol. The summed E-state index contributed by atoms with van der Waals surface area (Å²) in [6.45, 7) is 1.34. The van der Waals surface area contributed by atoms with Crippen LogP contribution in [0.2, 0.25) is 0 Å². The lowest BCUT2D eigenvalue weighted by Crippen LogP contribution is -2.42. The molecule has 0 radical (unpaired) electrons. The zero-order valence-electron chi connectivity index (χ0n) is 14.6. The fraction of sp³-hybridized carbons (Fsp3) is 0.263. The maximum atomic E-state index is 12.6. The van der Waals surface area contributed by atoms with E-state index >= 15 is 0 Å². The number of carbonyl (C=O) groups is 1. The Labute approximate surface area is 157 Å². The van der Waals surface area contributed by atoms with Gasteiger partial charge in [-0.1, -0.05) is 12.1 Å². The van der Waals surface area contributed by atoms with Gasteiger partial charge in [-0.15, -0.1) is 4.40 Å².